The second kappa shape index (κ2) is 8.76. The normalized spacial score (nSPS) is 16.6. The van der Waals surface area contributed by atoms with Gasteiger partial charge in [0.1, 0.15) is 11.6 Å². The first-order chi connectivity index (χ1) is 15.6. The van der Waals surface area contributed by atoms with Crippen LogP contribution in [0.2, 0.25) is 0 Å². The summed E-state index contributed by atoms with van der Waals surface area (Å²) in [4.78, 5) is 0. The minimum atomic E-state index is -0.363. The number of rotatable bonds is 4. The smallest absolute Gasteiger partial charge is 0.166 e. The summed E-state index contributed by atoms with van der Waals surface area (Å²) < 4.78 is 31.7. The topological polar surface area (TPSA) is 54.8 Å². The number of hydrogen-bond acceptors (Lipinski definition) is 4. The molecule has 1 aromatic heterocycles. The third-order valence-electron chi connectivity index (χ3n) is 6.16. The number of nitrogens with one attached hydrogen (secondary N) is 2. The highest BCUT2D eigenvalue weighted by Gasteiger charge is 2.20. The van der Waals surface area contributed by atoms with Crippen LogP contribution in [0.3, 0.4) is 0 Å². The summed E-state index contributed by atoms with van der Waals surface area (Å²) >= 11 is 0. The molecule has 0 aliphatic carbocycles. The Morgan fingerprint density at radius 3 is 1.59 bits per heavy atom. The Balaban J connectivity index is 1.46. The van der Waals surface area contributed by atoms with Crippen LogP contribution in [-0.2, 0) is 7.05 Å². The molecule has 0 unspecified atom stereocenters. The fourth-order valence-electron chi connectivity index (χ4n) is 4.36. The quantitative estimate of drug-likeness (QED) is 0.648. The summed E-state index contributed by atoms with van der Waals surface area (Å²) in [5, 5.41) is 14.9. The molecule has 2 aromatic carbocycles. The zero-order valence-corrected chi connectivity index (χ0v) is 18.0. The van der Waals surface area contributed by atoms with Gasteiger partial charge in [-0.05, 0) is 72.5 Å². The van der Waals surface area contributed by atoms with E-state index in [2.05, 4.69) is 33.0 Å². The Kier molecular flexibility index (Phi) is 5.68. The first-order valence-corrected chi connectivity index (χ1v) is 10.9. The van der Waals surface area contributed by atoms with E-state index in [0.717, 1.165) is 61.3 Å². The van der Waals surface area contributed by atoms with E-state index in [4.69, 9.17) is 0 Å². The highest BCUT2D eigenvalue weighted by atomic mass is 19.1. The van der Waals surface area contributed by atoms with Gasteiger partial charge in [0, 0.05) is 20.1 Å². The average molecular weight is 434 g/mol. The van der Waals surface area contributed by atoms with E-state index in [1.165, 1.54) is 0 Å². The van der Waals surface area contributed by atoms with Crippen molar-refractivity contribution in [2.75, 3.05) is 26.2 Å². The zero-order valence-electron chi connectivity index (χ0n) is 18.0. The SMILES string of the molecule is Cn1c(-c2ccc(C3=CCNCC3)cc2F)nnc1-c1ccc(C2=CCNCC2)cc1F. The van der Waals surface area contributed by atoms with Crippen LogP contribution in [-0.4, -0.2) is 40.9 Å². The first kappa shape index (κ1) is 20.7. The second-order valence-electron chi connectivity index (χ2n) is 8.16. The molecule has 0 saturated carbocycles. The fraction of sp³-hybridized carbons (Fsp3) is 0.280. The molecule has 2 aliphatic rings. The second-order valence-corrected chi connectivity index (χ2v) is 8.16. The molecule has 0 bridgehead atoms. The average Bonchev–Trinajstić information content (AvgIpc) is 3.21. The number of benzene rings is 2. The fourth-order valence-corrected chi connectivity index (χ4v) is 4.36. The molecule has 164 valence electrons. The van der Waals surface area contributed by atoms with Gasteiger partial charge in [-0.25, -0.2) is 8.78 Å². The van der Waals surface area contributed by atoms with Crippen LogP contribution in [0.5, 0.6) is 0 Å². The van der Waals surface area contributed by atoms with Crippen molar-refractivity contribution in [2.45, 2.75) is 12.8 Å². The summed E-state index contributed by atoms with van der Waals surface area (Å²) in [5.74, 6) is 0.0102. The van der Waals surface area contributed by atoms with E-state index in [1.54, 1.807) is 35.9 Å². The summed E-state index contributed by atoms with van der Waals surface area (Å²) in [6.45, 7) is 3.37. The lowest BCUT2D eigenvalue weighted by molar-refractivity contribution is 0.626. The maximum absolute atomic E-state index is 15.0. The van der Waals surface area contributed by atoms with Crippen molar-refractivity contribution in [2.24, 2.45) is 7.05 Å². The molecule has 2 N–H and O–H groups in total. The maximum Gasteiger partial charge on any atom is 0.166 e. The molecule has 2 aliphatic heterocycles. The predicted octanol–water partition coefficient (Wildman–Crippen LogP) is 4.18. The molecule has 0 amide bonds. The van der Waals surface area contributed by atoms with Crippen molar-refractivity contribution in [3.05, 3.63) is 71.3 Å². The van der Waals surface area contributed by atoms with E-state index < -0.39 is 0 Å². The van der Waals surface area contributed by atoms with Crippen LogP contribution in [0, 0.1) is 11.6 Å². The van der Waals surface area contributed by atoms with E-state index in [-0.39, 0.29) is 11.6 Å². The van der Waals surface area contributed by atoms with Gasteiger partial charge in [-0.1, -0.05) is 24.3 Å². The molecule has 0 fully saturated rings. The molecular weight excluding hydrogens is 408 g/mol. The molecule has 32 heavy (non-hydrogen) atoms. The van der Waals surface area contributed by atoms with Gasteiger partial charge >= 0.3 is 0 Å². The minimum absolute atomic E-state index is 0.349. The Morgan fingerprint density at radius 1 is 0.750 bits per heavy atom. The van der Waals surface area contributed by atoms with E-state index in [9.17, 15) is 0 Å². The van der Waals surface area contributed by atoms with E-state index in [1.807, 2.05) is 12.1 Å². The molecule has 0 radical (unpaired) electrons. The van der Waals surface area contributed by atoms with Crippen molar-refractivity contribution in [1.82, 2.24) is 25.4 Å². The van der Waals surface area contributed by atoms with Gasteiger partial charge in [-0.3, -0.25) is 0 Å². The van der Waals surface area contributed by atoms with Gasteiger partial charge in [-0.15, -0.1) is 10.2 Å². The number of nitrogens with zero attached hydrogens (tertiary/aromatic N) is 3. The zero-order chi connectivity index (χ0) is 22.1. The molecule has 5 rings (SSSR count). The number of halogens is 2. The van der Waals surface area contributed by atoms with Gasteiger partial charge < -0.3 is 15.2 Å². The van der Waals surface area contributed by atoms with Crippen molar-refractivity contribution < 1.29 is 8.78 Å². The monoisotopic (exact) mass is 433 g/mol. The van der Waals surface area contributed by atoms with Gasteiger partial charge in [0.2, 0.25) is 0 Å². The summed E-state index contributed by atoms with van der Waals surface area (Å²) in [6, 6.07) is 10.4. The van der Waals surface area contributed by atoms with Gasteiger partial charge in [0.15, 0.2) is 11.6 Å². The third kappa shape index (κ3) is 3.89. The Bertz CT molecular complexity index is 1130. The Hall–Kier alpha value is -3.16. The molecule has 3 heterocycles. The van der Waals surface area contributed by atoms with Gasteiger partial charge in [0.05, 0.1) is 11.1 Å². The highest BCUT2D eigenvalue weighted by Crippen LogP contribution is 2.31. The lowest BCUT2D eigenvalue weighted by Crippen LogP contribution is -2.20. The highest BCUT2D eigenvalue weighted by molar-refractivity contribution is 5.72. The lowest BCUT2D eigenvalue weighted by Gasteiger charge is -2.15. The summed E-state index contributed by atoms with van der Waals surface area (Å²) in [7, 11) is 1.73. The lowest BCUT2D eigenvalue weighted by atomic mass is 9.98. The Morgan fingerprint density at radius 2 is 1.22 bits per heavy atom. The molecule has 3 aromatic rings. The maximum atomic E-state index is 15.0. The van der Waals surface area contributed by atoms with Crippen LogP contribution < -0.4 is 10.6 Å². The predicted molar refractivity (Wildman–Crippen MR) is 123 cm³/mol. The van der Waals surface area contributed by atoms with Crippen molar-refractivity contribution in [3.63, 3.8) is 0 Å². The van der Waals surface area contributed by atoms with E-state index >= 15 is 8.78 Å². The summed E-state index contributed by atoms with van der Waals surface area (Å²) in [5.41, 5.74) is 4.73. The van der Waals surface area contributed by atoms with Crippen LogP contribution in [0.25, 0.3) is 33.9 Å². The van der Waals surface area contributed by atoms with Crippen LogP contribution >= 0.6 is 0 Å². The van der Waals surface area contributed by atoms with Crippen molar-refractivity contribution >= 4 is 11.1 Å². The number of aromatic nitrogens is 3. The van der Waals surface area contributed by atoms with E-state index in [0.29, 0.717) is 22.8 Å². The Labute approximate surface area is 185 Å². The van der Waals surface area contributed by atoms with Crippen molar-refractivity contribution in [1.29, 1.82) is 0 Å². The minimum Gasteiger partial charge on any atom is -0.313 e. The molecule has 0 atom stereocenters. The molecule has 7 heteroatoms. The van der Waals surface area contributed by atoms with Gasteiger partial charge in [-0.2, -0.15) is 0 Å². The van der Waals surface area contributed by atoms with Crippen LogP contribution in [0.1, 0.15) is 24.0 Å². The molecule has 0 saturated heterocycles. The van der Waals surface area contributed by atoms with Crippen LogP contribution in [0.15, 0.2) is 48.6 Å². The molecule has 5 nitrogen and oxygen atoms in total. The largest absolute Gasteiger partial charge is 0.313 e. The molecular formula is C25H25F2N5. The standard InChI is InChI=1S/C25H25F2N5/c1-32-24(20-4-2-18(14-22(20)26)16-6-10-28-11-7-16)30-31-25(32)21-5-3-19(15-23(21)27)17-8-12-29-13-9-17/h2-6,8,14-15,28-29H,7,9-13H2,1H3. The van der Waals surface area contributed by atoms with Gasteiger partial charge in [0.25, 0.3) is 0 Å². The summed E-state index contributed by atoms with van der Waals surface area (Å²) in [6.07, 6.45) is 5.92. The first-order valence-electron chi connectivity index (χ1n) is 10.9. The van der Waals surface area contributed by atoms with Crippen molar-refractivity contribution in [3.8, 4) is 22.8 Å². The number of hydrogen-bond donors (Lipinski definition) is 2. The third-order valence-corrected chi connectivity index (χ3v) is 6.16. The van der Waals surface area contributed by atoms with Crippen LogP contribution in [0.4, 0.5) is 8.78 Å². The molecule has 0 spiro atoms.